The number of halogens is 1. The lowest BCUT2D eigenvalue weighted by atomic mass is 10.3. The normalized spacial score (nSPS) is 9.64. The number of ether oxygens (including phenoxy) is 1. The summed E-state index contributed by atoms with van der Waals surface area (Å²) in [6.45, 7) is 1.67. The number of ketones is 1. The molecule has 0 spiro atoms. The quantitative estimate of drug-likeness (QED) is 0.800. The zero-order chi connectivity index (χ0) is 10.6. The van der Waals surface area contributed by atoms with E-state index >= 15 is 0 Å². The minimum Gasteiger partial charge on any atom is -0.494 e. The fourth-order valence-electron chi connectivity index (χ4n) is 1.00. The average molecular weight is 197 g/mol. The van der Waals surface area contributed by atoms with E-state index < -0.39 is 5.82 Å². The number of benzene rings is 1. The molecular weight excluding hydrogens is 185 g/mol. The number of rotatable bonds is 4. The minimum atomic E-state index is -0.443. The topological polar surface area (TPSA) is 38.3 Å². The molecule has 0 fully saturated rings. The standard InChI is InChI=1S/C10H12FNO2/c1-7(13)6-12-8-3-4-10(14-2)9(11)5-8/h3-5,12H,6H2,1-2H3. The van der Waals surface area contributed by atoms with Crippen molar-refractivity contribution in [3.05, 3.63) is 24.0 Å². The second kappa shape index (κ2) is 4.60. The maximum atomic E-state index is 13.1. The van der Waals surface area contributed by atoms with E-state index in [0.29, 0.717) is 5.69 Å². The van der Waals surface area contributed by atoms with Crippen LogP contribution < -0.4 is 10.1 Å². The van der Waals surface area contributed by atoms with E-state index in [-0.39, 0.29) is 18.1 Å². The second-order valence-electron chi connectivity index (χ2n) is 2.90. The maximum Gasteiger partial charge on any atom is 0.167 e. The van der Waals surface area contributed by atoms with Crippen LogP contribution in [0.4, 0.5) is 10.1 Å². The highest BCUT2D eigenvalue weighted by molar-refractivity contribution is 5.80. The molecule has 0 saturated carbocycles. The molecule has 0 aliphatic rings. The summed E-state index contributed by atoms with van der Waals surface area (Å²) >= 11 is 0. The molecule has 0 saturated heterocycles. The van der Waals surface area contributed by atoms with Crippen LogP contribution in [-0.4, -0.2) is 19.4 Å². The van der Waals surface area contributed by atoms with Crippen molar-refractivity contribution >= 4 is 11.5 Å². The van der Waals surface area contributed by atoms with Crippen molar-refractivity contribution in [3.8, 4) is 5.75 Å². The van der Waals surface area contributed by atoms with Gasteiger partial charge in [-0.3, -0.25) is 4.79 Å². The highest BCUT2D eigenvalue weighted by Crippen LogP contribution is 2.20. The first-order chi connectivity index (χ1) is 6.63. The Morgan fingerprint density at radius 3 is 2.79 bits per heavy atom. The third kappa shape index (κ3) is 2.73. The van der Waals surface area contributed by atoms with E-state index in [1.807, 2.05) is 0 Å². The SMILES string of the molecule is COc1ccc(NCC(C)=O)cc1F. The van der Waals surface area contributed by atoms with Crippen molar-refractivity contribution < 1.29 is 13.9 Å². The molecule has 0 bridgehead atoms. The van der Waals surface area contributed by atoms with Gasteiger partial charge >= 0.3 is 0 Å². The van der Waals surface area contributed by atoms with E-state index in [1.54, 1.807) is 6.07 Å². The van der Waals surface area contributed by atoms with Gasteiger partial charge in [0.05, 0.1) is 13.7 Å². The third-order valence-electron chi connectivity index (χ3n) is 1.69. The van der Waals surface area contributed by atoms with Gasteiger partial charge in [0.2, 0.25) is 0 Å². The lowest BCUT2D eigenvalue weighted by Crippen LogP contribution is -2.09. The van der Waals surface area contributed by atoms with Gasteiger partial charge in [-0.15, -0.1) is 0 Å². The number of anilines is 1. The highest BCUT2D eigenvalue weighted by atomic mass is 19.1. The maximum absolute atomic E-state index is 13.1. The second-order valence-corrected chi connectivity index (χ2v) is 2.90. The molecule has 76 valence electrons. The lowest BCUT2D eigenvalue weighted by Gasteiger charge is -2.06. The Labute approximate surface area is 81.9 Å². The van der Waals surface area contributed by atoms with E-state index in [4.69, 9.17) is 4.74 Å². The lowest BCUT2D eigenvalue weighted by molar-refractivity contribution is -0.115. The zero-order valence-corrected chi connectivity index (χ0v) is 8.13. The zero-order valence-electron chi connectivity index (χ0n) is 8.13. The van der Waals surface area contributed by atoms with Gasteiger partial charge in [0, 0.05) is 11.8 Å². The van der Waals surface area contributed by atoms with Crippen LogP contribution in [0, 0.1) is 5.82 Å². The Morgan fingerprint density at radius 2 is 2.29 bits per heavy atom. The first kappa shape index (κ1) is 10.5. The Bertz CT molecular complexity index is 339. The first-order valence-corrected chi connectivity index (χ1v) is 4.20. The van der Waals surface area contributed by atoms with Crippen molar-refractivity contribution in [2.75, 3.05) is 19.0 Å². The van der Waals surface area contributed by atoms with E-state index in [0.717, 1.165) is 0 Å². The number of Topliss-reactive ketones (excluding diaryl/α,β-unsaturated/α-hetero) is 1. The predicted molar refractivity (Wildman–Crippen MR) is 52.1 cm³/mol. The number of methoxy groups -OCH3 is 1. The average Bonchev–Trinajstić information content (AvgIpc) is 2.15. The molecule has 3 nitrogen and oxygen atoms in total. The van der Waals surface area contributed by atoms with Gasteiger partial charge < -0.3 is 10.1 Å². The minimum absolute atomic E-state index is 0.00114. The Morgan fingerprint density at radius 1 is 1.57 bits per heavy atom. The summed E-state index contributed by atoms with van der Waals surface area (Å²) in [5.74, 6) is -0.249. The van der Waals surface area contributed by atoms with Crippen molar-refractivity contribution in [2.45, 2.75) is 6.92 Å². The summed E-state index contributed by atoms with van der Waals surface area (Å²) in [7, 11) is 1.40. The fraction of sp³-hybridized carbons (Fsp3) is 0.300. The van der Waals surface area contributed by atoms with Gasteiger partial charge in [0.25, 0.3) is 0 Å². The molecule has 0 aliphatic carbocycles. The van der Waals surface area contributed by atoms with Crippen molar-refractivity contribution in [1.82, 2.24) is 0 Å². The number of nitrogens with one attached hydrogen (secondary N) is 1. The molecule has 0 aliphatic heterocycles. The van der Waals surface area contributed by atoms with Crippen LogP contribution in [0.3, 0.4) is 0 Å². The van der Waals surface area contributed by atoms with Crippen LogP contribution >= 0.6 is 0 Å². The molecule has 0 aromatic heterocycles. The van der Waals surface area contributed by atoms with Gasteiger partial charge in [0.1, 0.15) is 5.78 Å². The Kier molecular flexibility index (Phi) is 3.45. The smallest absolute Gasteiger partial charge is 0.167 e. The molecule has 0 unspecified atom stereocenters. The van der Waals surface area contributed by atoms with Crippen molar-refractivity contribution in [1.29, 1.82) is 0 Å². The summed E-state index contributed by atoms with van der Waals surface area (Å²) in [6.07, 6.45) is 0. The molecule has 0 heterocycles. The molecule has 0 amide bonds. The summed E-state index contributed by atoms with van der Waals surface area (Å²) < 4.78 is 17.9. The van der Waals surface area contributed by atoms with Crippen LogP contribution in [0.1, 0.15) is 6.92 Å². The monoisotopic (exact) mass is 197 g/mol. The van der Waals surface area contributed by atoms with Crippen LogP contribution in [0.5, 0.6) is 5.75 Å². The van der Waals surface area contributed by atoms with Crippen LogP contribution in [0.15, 0.2) is 18.2 Å². The van der Waals surface area contributed by atoms with Crippen LogP contribution in [0.2, 0.25) is 0 Å². The molecule has 0 radical (unpaired) electrons. The van der Waals surface area contributed by atoms with Gasteiger partial charge in [-0.25, -0.2) is 4.39 Å². The number of carbonyl (C=O) groups is 1. The largest absolute Gasteiger partial charge is 0.494 e. The molecule has 0 atom stereocenters. The Hall–Kier alpha value is -1.58. The summed E-state index contributed by atoms with van der Waals surface area (Å²) in [6, 6.07) is 4.46. The van der Waals surface area contributed by atoms with E-state index in [2.05, 4.69) is 5.32 Å². The molecule has 1 aromatic rings. The summed E-state index contributed by atoms with van der Waals surface area (Å²) in [5.41, 5.74) is 0.568. The number of carbonyl (C=O) groups excluding carboxylic acids is 1. The molecular formula is C10H12FNO2. The van der Waals surface area contributed by atoms with Crippen molar-refractivity contribution in [2.24, 2.45) is 0 Å². The fourth-order valence-corrected chi connectivity index (χ4v) is 1.00. The molecule has 14 heavy (non-hydrogen) atoms. The molecule has 1 rings (SSSR count). The Balaban J connectivity index is 2.71. The highest BCUT2D eigenvalue weighted by Gasteiger charge is 2.03. The third-order valence-corrected chi connectivity index (χ3v) is 1.69. The van der Waals surface area contributed by atoms with Gasteiger partial charge in [-0.1, -0.05) is 0 Å². The number of hydrogen-bond donors (Lipinski definition) is 1. The summed E-state index contributed by atoms with van der Waals surface area (Å²) in [5, 5.41) is 2.79. The van der Waals surface area contributed by atoms with Gasteiger partial charge in [-0.05, 0) is 19.1 Å². The first-order valence-electron chi connectivity index (χ1n) is 4.20. The van der Waals surface area contributed by atoms with Gasteiger partial charge in [0.15, 0.2) is 11.6 Å². The molecule has 4 heteroatoms. The molecule has 1 N–H and O–H groups in total. The van der Waals surface area contributed by atoms with E-state index in [1.165, 1.54) is 26.2 Å². The predicted octanol–water partition coefficient (Wildman–Crippen LogP) is 1.84. The van der Waals surface area contributed by atoms with Gasteiger partial charge in [-0.2, -0.15) is 0 Å². The summed E-state index contributed by atoms with van der Waals surface area (Å²) in [4.78, 5) is 10.6. The van der Waals surface area contributed by atoms with Crippen LogP contribution in [-0.2, 0) is 4.79 Å². The van der Waals surface area contributed by atoms with Crippen LogP contribution in [0.25, 0.3) is 0 Å². The molecule has 1 aromatic carbocycles. The van der Waals surface area contributed by atoms with E-state index in [9.17, 15) is 9.18 Å². The number of hydrogen-bond acceptors (Lipinski definition) is 3. The van der Waals surface area contributed by atoms with Crippen molar-refractivity contribution in [3.63, 3.8) is 0 Å².